The third-order valence-corrected chi connectivity index (χ3v) is 3.25. The van der Waals surface area contributed by atoms with Gasteiger partial charge in [-0.05, 0) is 12.1 Å². The van der Waals surface area contributed by atoms with E-state index >= 15 is 0 Å². The smallest absolute Gasteiger partial charge is 0.255 e. The highest BCUT2D eigenvalue weighted by Gasteiger charge is 2.17. The van der Waals surface area contributed by atoms with E-state index in [4.69, 9.17) is 4.74 Å². The third kappa shape index (κ3) is 3.85. The number of hydrogen-bond acceptors (Lipinski definition) is 5. The average Bonchev–Trinajstić information content (AvgIpc) is 2.50. The van der Waals surface area contributed by atoms with Crippen LogP contribution in [0.4, 0.5) is 0 Å². The Morgan fingerprint density at radius 3 is 2.67 bits per heavy atom. The fraction of sp³-hybridized carbons (Fsp3) is 0.429. The van der Waals surface area contributed by atoms with Crippen molar-refractivity contribution in [1.29, 1.82) is 0 Å². The molecule has 1 aromatic carbocycles. The molecule has 7 heteroatoms. The number of benzene rings is 1. The van der Waals surface area contributed by atoms with Crippen molar-refractivity contribution in [3.63, 3.8) is 0 Å². The highest BCUT2D eigenvalue weighted by atomic mass is 16.5. The van der Waals surface area contributed by atoms with Crippen LogP contribution in [0, 0.1) is 0 Å². The van der Waals surface area contributed by atoms with Crippen LogP contribution < -0.4 is 5.32 Å². The molecule has 0 unspecified atom stereocenters. The lowest BCUT2D eigenvalue weighted by Crippen LogP contribution is -2.42. The molecule has 0 radical (unpaired) electrons. The summed E-state index contributed by atoms with van der Waals surface area (Å²) in [6, 6.07) is 4.14. The molecule has 0 aliphatic carbocycles. The first-order valence-electron chi connectivity index (χ1n) is 6.74. The molecule has 1 aliphatic rings. The van der Waals surface area contributed by atoms with Gasteiger partial charge in [-0.15, -0.1) is 0 Å². The molecule has 0 aromatic heterocycles. The average molecular weight is 294 g/mol. The second kappa shape index (κ2) is 6.94. The monoisotopic (exact) mass is 294 g/mol. The van der Waals surface area contributed by atoms with Gasteiger partial charge < -0.3 is 25.2 Å². The van der Waals surface area contributed by atoms with Crippen LogP contribution in [0.5, 0.6) is 11.5 Å². The predicted octanol–water partition coefficient (Wildman–Crippen LogP) is 0.0765. The van der Waals surface area contributed by atoms with Crippen molar-refractivity contribution in [2.45, 2.75) is 6.42 Å². The normalized spacial score (nSPS) is 14.8. The zero-order valence-corrected chi connectivity index (χ0v) is 11.5. The Morgan fingerprint density at radius 1 is 1.24 bits per heavy atom. The molecule has 114 valence electrons. The van der Waals surface area contributed by atoms with Crippen molar-refractivity contribution in [2.24, 2.45) is 0 Å². The molecule has 1 aromatic rings. The van der Waals surface area contributed by atoms with Gasteiger partial charge in [0.15, 0.2) is 11.5 Å². The summed E-state index contributed by atoms with van der Waals surface area (Å²) in [6.07, 6.45) is 0.186. The maximum absolute atomic E-state index is 11.9. The first-order chi connectivity index (χ1) is 10.1. The molecule has 7 nitrogen and oxygen atoms in total. The van der Waals surface area contributed by atoms with Crippen LogP contribution in [0.2, 0.25) is 0 Å². The maximum atomic E-state index is 11.9. The molecule has 2 rings (SSSR count). The van der Waals surface area contributed by atoms with Gasteiger partial charge in [0.25, 0.3) is 5.91 Å². The number of phenols is 2. The minimum absolute atomic E-state index is 0.0196. The van der Waals surface area contributed by atoms with Gasteiger partial charge in [0.05, 0.1) is 18.8 Å². The van der Waals surface area contributed by atoms with Crippen LogP contribution in [0.3, 0.4) is 0 Å². The minimum atomic E-state index is -0.529. The molecule has 2 amide bonds. The van der Waals surface area contributed by atoms with E-state index in [0.717, 1.165) is 0 Å². The third-order valence-electron chi connectivity index (χ3n) is 3.25. The van der Waals surface area contributed by atoms with E-state index < -0.39 is 11.7 Å². The summed E-state index contributed by atoms with van der Waals surface area (Å²) in [5.74, 6) is -1.39. The van der Waals surface area contributed by atoms with E-state index in [9.17, 15) is 19.8 Å². The predicted molar refractivity (Wildman–Crippen MR) is 74.1 cm³/mol. The van der Waals surface area contributed by atoms with E-state index in [1.807, 2.05) is 0 Å². The molecule has 0 spiro atoms. The highest BCUT2D eigenvalue weighted by molar-refractivity contribution is 5.97. The molecule has 3 N–H and O–H groups in total. The number of rotatable bonds is 4. The quantitative estimate of drug-likeness (QED) is 0.683. The molecule has 1 aliphatic heterocycles. The Morgan fingerprint density at radius 2 is 1.95 bits per heavy atom. The summed E-state index contributed by atoms with van der Waals surface area (Å²) in [5, 5.41) is 21.5. The van der Waals surface area contributed by atoms with E-state index in [1.165, 1.54) is 18.2 Å². The van der Waals surface area contributed by atoms with Crippen molar-refractivity contribution in [1.82, 2.24) is 10.2 Å². The van der Waals surface area contributed by atoms with Gasteiger partial charge in [0.2, 0.25) is 5.91 Å². The highest BCUT2D eigenvalue weighted by Crippen LogP contribution is 2.27. The number of hydrogen-bond donors (Lipinski definition) is 3. The van der Waals surface area contributed by atoms with E-state index in [1.54, 1.807) is 4.90 Å². The van der Waals surface area contributed by atoms with Gasteiger partial charge >= 0.3 is 0 Å². The minimum Gasteiger partial charge on any atom is -0.504 e. The summed E-state index contributed by atoms with van der Waals surface area (Å²) < 4.78 is 5.16. The number of carbonyl (C=O) groups excluding carboxylic acids is 2. The molecule has 0 saturated carbocycles. The van der Waals surface area contributed by atoms with Crippen LogP contribution in [-0.4, -0.2) is 59.8 Å². The van der Waals surface area contributed by atoms with Crippen LogP contribution in [0.15, 0.2) is 18.2 Å². The largest absolute Gasteiger partial charge is 0.504 e. The summed E-state index contributed by atoms with van der Waals surface area (Å²) >= 11 is 0. The summed E-state index contributed by atoms with van der Waals surface area (Å²) in [5.41, 5.74) is -0.0196. The van der Waals surface area contributed by atoms with Crippen molar-refractivity contribution < 1.29 is 24.5 Å². The number of para-hydroxylation sites is 1. The van der Waals surface area contributed by atoms with Gasteiger partial charge in [0.1, 0.15) is 0 Å². The Balaban J connectivity index is 1.81. The van der Waals surface area contributed by atoms with Gasteiger partial charge in [-0.1, -0.05) is 6.07 Å². The van der Waals surface area contributed by atoms with Crippen molar-refractivity contribution in [2.75, 3.05) is 32.8 Å². The zero-order chi connectivity index (χ0) is 15.2. The van der Waals surface area contributed by atoms with Gasteiger partial charge in [-0.2, -0.15) is 0 Å². The lowest BCUT2D eigenvalue weighted by Gasteiger charge is -2.26. The van der Waals surface area contributed by atoms with E-state index in [2.05, 4.69) is 5.32 Å². The van der Waals surface area contributed by atoms with Crippen LogP contribution in [0.1, 0.15) is 16.8 Å². The van der Waals surface area contributed by atoms with Gasteiger partial charge in [-0.3, -0.25) is 9.59 Å². The summed E-state index contributed by atoms with van der Waals surface area (Å²) in [7, 11) is 0. The lowest BCUT2D eigenvalue weighted by atomic mass is 10.1. The second-order valence-corrected chi connectivity index (χ2v) is 4.67. The molecule has 1 fully saturated rings. The molecular formula is C14H18N2O5. The Hall–Kier alpha value is -2.28. The zero-order valence-electron chi connectivity index (χ0n) is 11.5. The number of carbonyl (C=O) groups is 2. The Labute approximate surface area is 122 Å². The molecule has 1 heterocycles. The van der Waals surface area contributed by atoms with E-state index in [0.29, 0.717) is 26.3 Å². The van der Waals surface area contributed by atoms with Gasteiger partial charge in [-0.25, -0.2) is 0 Å². The first-order valence-corrected chi connectivity index (χ1v) is 6.74. The van der Waals surface area contributed by atoms with Gasteiger partial charge in [0, 0.05) is 26.1 Å². The molecular weight excluding hydrogens is 276 g/mol. The number of nitrogens with one attached hydrogen (secondary N) is 1. The van der Waals surface area contributed by atoms with Crippen molar-refractivity contribution in [3.05, 3.63) is 23.8 Å². The van der Waals surface area contributed by atoms with Crippen molar-refractivity contribution in [3.8, 4) is 11.5 Å². The van der Waals surface area contributed by atoms with Crippen LogP contribution in [0.25, 0.3) is 0 Å². The summed E-state index contributed by atoms with van der Waals surface area (Å²) in [4.78, 5) is 25.4. The number of nitrogens with zero attached hydrogens (tertiary/aromatic N) is 1. The number of morpholine rings is 1. The molecule has 1 saturated heterocycles. The number of ether oxygens (including phenoxy) is 1. The second-order valence-electron chi connectivity index (χ2n) is 4.67. The lowest BCUT2D eigenvalue weighted by molar-refractivity contribution is -0.135. The fourth-order valence-corrected chi connectivity index (χ4v) is 2.06. The van der Waals surface area contributed by atoms with E-state index in [-0.39, 0.29) is 30.2 Å². The Kier molecular flexibility index (Phi) is 4.99. The molecule has 21 heavy (non-hydrogen) atoms. The molecule has 0 atom stereocenters. The topological polar surface area (TPSA) is 99.1 Å². The van der Waals surface area contributed by atoms with Crippen LogP contribution in [-0.2, 0) is 9.53 Å². The maximum Gasteiger partial charge on any atom is 0.255 e. The fourth-order valence-electron chi connectivity index (χ4n) is 2.06. The summed E-state index contributed by atoms with van der Waals surface area (Å²) in [6.45, 7) is 2.38. The number of amides is 2. The molecule has 0 bridgehead atoms. The Bertz CT molecular complexity index is 526. The number of phenolic OH excluding ortho intramolecular Hbond substituents is 2. The van der Waals surface area contributed by atoms with Crippen molar-refractivity contribution >= 4 is 11.8 Å². The van der Waals surface area contributed by atoms with Crippen LogP contribution >= 0.6 is 0 Å². The first kappa shape index (κ1) is 15.1. The SMILES string of the molecule is O=C(NCCC(=O)N1CCOCC1)c1cccc(O)c1O. The number of aromatic hydroxyl groups is 2. The standard InChI is InChI=1S/C14H18N2O5/c17-11-3-1-2-10(13(11)19)14(20)15-5-4-12(18)16-6-8-21-9-7-16/h1-3,17,19H,4-9H2,(H,15,20).